The van der Waals surface area contributed by atoms with Gasteiger partial charge in [0.25, 0.3) is 0 Å². The number of benzene rings is 1. The van der Waals surface area contributed by atoms with E-state index in [1.807, 2.05) is 24.3 Å². The summed E-state index contributed by atoms with van der Waals surface area (Å²) in [6, 6.07) is 10.2. The number of nitrogen functional groups attached to an aromatic ring is 1. The van der Waals surface area contributed by atoms with Gasteiger partial charge in [-0.05, 0) is 17.7 Å². The molecule has 0 atom stereocenters. The first-order valence-electron chi connectivity index (χ1n) is 8.44. The molecule has 0 fully saturated rings. The van der Waals surface area contributed by atoms with Crippen LogP contribution < -0.4 is 11.1 Å². The molecule has 4 aromatic rings. The molecule has 8 nitrogen and oxygen atoms in total. The maximum absolute atomic E-state index is 12.6. The molecule has 3 heterocycles. The molecule has 0 aliphatic carbocycles. The van der Waals surface area contributed by atoms with Crippen molar-refractivity contribution in [3.8, 4) is 0 Å². The van der Waals surface area contributed by atoms with Gasteiger partial charge in [-0.15, -0.1) is 10.2 Å². The van der Waals surface area contributed by atoms with Crippen molar-refractivity contribution in [3.05, 3.63) is 65.1 Å². The molecule has 0 radical (unpaired) electrons. The molecule has 3 N–H and O–H groups in total. The maximum atomic E-state index is 12.6. The number of rotatable bonds is 6. The van der Waals surface area contributed by atoms with Crippen molar-refractivity contribution in [2.45, 2.75) is 19.3 Å². The predicted octanol–water partition coefficient (Wildman–Crippen LogP) is 3.37. The summed E-state index contributed by atoms with van der Waals surface area (Å²) in [7, 11) is 0. The number of aromatic nitrogens is 6. The van der Waals surface area contributed by atoms with Gasteiger partial charge in [0.15, 0.2) is 11.5 Å². The van der Waals surface area contributed by atoms with Gasteiger partial charge in [0, 0.05) is 24.1 Å². The normalized spacial score (nSPS) is 11.7. The molecule has 1 aromatic carbocycles. The van der Waals surface area contributed by atoms with Gasteiger partial charge in [0.05, 0.1) is 13.1 Å². The number of alkyl halides is 3. The Hall–Kier alpha value is -3.41. The topological polar surface area (TPSA) is 99.5 Å². The average molecular weight is 420 g/mol. The lowest BCUT2D eigenvalue weighted by atomic mass is 10.2. The summed E-state index contributed by atoms with van der Waals surface area (Å²) in [5.74, 6) is 0.570. The summed E-state index contributed by atoms with van der Waals surface area (Å²) in [4.78, 5) is 0. The van der Waals surface area contributed by atoms with Crippen molar-refractivity contribution in [1.82, 2.24) is 29.8 Å². The molecule has 0 saturated carbocycles. The molecule has 0 amide bonds. The number of nitrogens with one attached hydrogen (secondary N) is 1. The Morgan fingerprint density at radius 2 is 1.72 bits per heavy atom. The molecule has 0 aliphatic heterocycles. The first-order valence-corrected chi connectivity index (χ1v) is 9.25. The van der Waals surface area contributed by atoms with Crippen LogP contribution in [0.3, 0.4) is 0 Å². The van der Waals surface area contributed by atoms with Crippen LogP contribution in [0.2, 0.25) is 0 Å². The van der Waals surface area contributed by atoms with E-state index in [-0.39, 0.29) is 6.54 Å². The van der Waals surface area contributed by atoms with Gasteiger partial charge in [0.1, 0.15) is 5.01 Å². The van der Waals surface area contributed by atoms with Crippen LogP contribution in [-0.2, 0) is 19.3 Å². The molecule has 0 spiro atoms. The summed E-state index contributed by atoms with van der Waals surface area (Å²) in [5.41, 5.74) is 6.66. The third kappa shape index (κ3) is 4.54. The van der Waals surface area contributed by atoms with Gasteiger partial charge in [-0.1, -0.05) is 29.5 Å². The minimum Gasteiger partial charge on any atom is -0.398 e. The third-order valence-corrected chi connectivity index (χ3v) is 4.78. The van der Waals surface area contributed by atoms with E-state index in [9.17, 15) is 13.2 Å². The van der Waals surface area contributed by atoms with E-state index in [0.29, 0.717) is 28.2 Å². The lowest BCUT2D eigenvalue weighted by molar-refractivity contribution is -0.141. The van der Waals surface area contributed by atoms with Crippen molar-refractivity contribution in [1.29, 1.82) is 0 Å². The number of hydrogen-bond donors (Lipinski definition) is 2. The molecular weight excluding hydrogens is 405 g/mol. The molecule has 4 rings (SSSR count). The van der Waals surface area contributed by atoms with Crippen LogP contribution in [0, 0.1) is 0 Å². The van der Waals surface area contributed by atoms with Crippen molar-refractivity contribution in [2.24, 2.45) is 0 Å². The highest BCUT2D eigenvalue weighted by Gasteiger charge is 2.33. The van der Waals surface area contributed by atoms with E-state index in [2.05, 4.69) is 25.7 Å². The zero-order chi connectivity index (χ0) is 20.4. The summed E-state index contributed by atoms with van der Waals surface area (Å²) < 4.78 is 40.8. The average Bonchev–Trinajstić information content (AvgIpc) is 3.39. The first kappa shape index (κ1) is 18.9. The van der Waals surface area contributed by atoms with Crippen molar-refractivity contribution >= 4 is 28.0 Å². The number of anilines is 3. The lowest BCUT2D eigenvalue weighted by Crippen LogP contribution is -2.08. The molecule has 0 aliphatic rings. The second-order valence-corrected chi connectivity index (χ2v) is 7.18. The molecule has 0 bridgehead atoms. The fourth-order valence-electron chi connectivity index (χ4n) is 2.59. The molecule has 150 valence electrons. The number of nitrogens with zero attached hydrogens (tertiary/aromatic N) is 6. The van der Waals surface area contributed by atoms with Crippen LogP contribution in [-0.4, -0.2) is 29.8 Å². The monoisotopic (exact) mass is 420 g/mol. The summed E-state index contributed by atoms with van der Waals surface area (Å²) in [6.07, 6.45) is -1.41. The van der Waals surface area contributed by atoms with Crippen LogP contribution in [0.4, 0.5) is 29.8 Å². The van der Waals surface area contributed by atoms with Crippen LogP contribution in [0.5, 0.6) is 0 Å². The van der Waals surface area contributed by atoms with Gasteiger partial charge >= 0.3 is 6.18 Å². The lowest BCUT2D eigenvalue weighted by Gasteiger charge is -2.05. The second-order valence-electron chi connectivity index (χ2n) is 6.12. The van der Waals surface area contributed by atoms with Crippen molar-refractivity contribution in [2.75, 3.05) is 11.1 Å². The highest BCUT2D eigenvalue weighted by molar-refractivity contribution is 7.15. The minimum atomic E-state index is -4.47. The molecular formula is C17H15F3N8S. The Bertz CT molecular complexity index is 1110. The second kappa shape index (κ2) is 7.54. The zero-order valence-electron chi connectivity index (χ0n) is 14.8. The summed E-state index contributed by atoms with van der Waals surface area (Å²) in [6.45, 7) is 0.619. The highest BCUT2D eigenvalue weighted by atomic mass is 32.1. The van der Waals surface area contributed by atoms with Crippen LogP contribution in [0.1, 0.15) is 16.3 Å². The van der Waals surface area contributed by atoms with Gasteiger partial charge in [-0.25, -0.2) is 0 Å². The highest BCUT2D eigenvalue weighted by Crippen LogP contribution is 2.27. The van der Waals surface area contributed by atoms with Gasteiger partial charge in [0.2, 0.25) is 5.13 Å². The Kier molecular flexibility index (Phi) is 4.92. The van der Waals surface area contributed by atoms with E-state index in [0.717, 1.165) is 11.6 Å². The van der Waals surface area contributed by atoms with E-state index < -0.39 is 11.9 Å². The third-order valence-electron chi connectivity index (χ3n) is 3.96. The first-order chi connectivity index (χ1) is 13.9. The Balaban J connectivity index is 1.39. The fraction of sp³-hybridized carbons (Fsp3) is 0.176. The Labute approximate surface area is 166 Å². The van der Waals surface area contributed by atoms with E-state index in [1.54, 1.807) is 16.9 Å². The van der Waals surface area contributed by atoms with Crippen molar-refractivity contribution < 1.29 is 13.2 Å². The number of nitrogens with two attached hydrogens (primary N) is 1. The van der Waals surface area contributed by atoms with Gasteiger partial charge in [-0.2, -0.15) is 23.4 Å². The van der Waals surface area contributed by atoms with Gasteiger partial charge < -0.3 is 11.1 Å². The molecule has 0 unspecified atom stereocenters. The summed E-state index contributed by atoms with van der Waals surface area (Å²) >= 11 is 1.21. The molecule has 3 aromatic heterocycles. The Morgan fingerprint density at radius 1 is 0.966 bits per heavy atom. The van der Waals surface area contributed by atoms with Crippen LogP contribution >= 0.6 is 11.3 Å². The van der Waals surface area contributed by atoms with Crippen LogP contribution in [0.25, 0.3) is 0 Å². The smallest absolute Gasteiger partial charge is 0.398 e. The quantitative estimate of drug-likeness (QED) is 0.464. The number of hydrogen-bond acceptors (Lipinski definition) is 7. The maximum Gasteiger partial charge on any atom is 0.435 e. The molecule has 0 saturated heterocycles. The number of halogens is 3. The standard InChI is InChI=1S/C17H15F3N8S/c18-17(19,20)13-5-7-28(25-13)10-15-23-24-16(29-15)22-14-6-8-27(26-14)9-11-3-1-2-4-12(11)21/h1-8H,9-10,21H2,(H,22,24,26). The van der Waals surface area contributed by atoms with E-state index >= 15 is 0 Å². The molecule has 29 heavy (non-hydrogen) atoms. The van der Waals surface area contributed by atoms with Gasteiger partial charge in [-0.3, -0.25) is 9.36 Å². The Morgan fingerprint density at radius 3 is 2.48 bits per heavy atom. The predicted molar refractivity (Wildman–Crippen MR) is 102 cm³/mol. The van der Waals surface area contributed by atoms with E-state index in [1.165, 1.54) is 22.2 Å². The summed E-state index contributed by atoms with van der Waals surface area (Å²) in [5, 5.41) is 19.9. The van der Waals surface area contributed by atoms with Crippen LogP contribution in [0.15, 0.2) is 48.8 Å². The SMILES string of the molecule is Nc1ccccc1Cn1ccc(Nc2nnc(Cn3ccc(C(F)(F)F)n3)s2)n1. The fourth-order valence-corrected chi connectivity index (χ4v) is 3.33. The largest absolute Gasteiger partial charge is 0.435 e. The number of para-hydroxylation sites is 1. The zero-order valence-corrected chi connectivity index (χ0v) is 15.7. The molecule has 12 heteroatoms. The van der Waals surface area contributed by atoms with E-state index in [4.69, 9.17) is 5.73 Å². The minimum absolute atomic E-state index is 0.0944. The van der Waals surface area contributed by atoms with Crippen molar-refractivity contribution in [3.63, 3.8) is 0 Å².